The summed E-state index contributed by atoms with van der Waals surface area (Å²) in [5, 5.41) is 0.106. The summed E-state index contributed by atoms with van der Waals surface area (Å²) >= 11 is 6.05. The Morgan fingerprint density at radius 2 is 1.94 bits per heavy atom. The lowest BCUT2D eigenvalue weighted by molar-refractivity contribution is 0.534. The molecule has 2 atom stereocenters. The molecule has 1 aromatic rings. The number of allylic oxidation sites excluding steroid dienone is 2. The zero-order valence-electron chi connectivity index (χ0n) is 10.0. The summed E-state index contributed by atoms with van der Waals surface area (Å²) in [6.45, 7) is 4.34. The minimum absolute atomic E-state index is 0.106. The predicted octanol–water partition coefficient (Wildman–Crippen LogP) is 5.19. The second-order valence-corrected chi connectivity index (χ2v) is 5.50. The highest BCUT2D eigenvalue weighted by Gasteiger charge is 2.11. The Balaban J connectivity index is 2.16. The largest absolute Gasteiger partial charge is 0.118 e. The van der Waals surface area contributed by atoms with Crippen LogP contribution in [0, 0.1) is 5.92 Å². The summed E-state index contributed by atoms with van der Waals surface area (Å²) in [7, 11) is 0. The highest BCUT2D eigenvalue weighted by atomic mass is 35.5. The molecule has 0 aliphatic heterocycles. The van der Waals surface area contributed by atoms with Crippen LogP contribution in [0.4, 0.5) is 0 Å². The van der Waals surface area contributed by atoms with E-state index in [0.717, 1.165) is 5.92 Å². The average Bonchev–Trinajstić information content (AvgIpc) is 2.30. The zero-order valence-corrected chi connectivity index (χ0v) is 10.8. The van der Waals surface area contributed by atoms with Crippen molar-refractivity contribution in [2.24, 2.45) is 5.92 Å². The average molecular weight is 235 g/mol. The first-order valence-electron chi connectivity index (χ1n) is 6.10. The number of halogens is 1. The van der Waals surface area contributed by atoms with Crippen molar-refractivity contribution in [1.29, 1.82) is 0 Å². The van der Waals surface area contributed by atoms with Gasteiger partial charge < -0.3 is 0 Å². The van der Waals surface area contributed by atoms with Crippen molar-refractivity contribution in [2.75, 3.05) is 0 Å². The van der Waals surface area contributed by atoms with Crippen LogP contribution in [0.5, 0.6) is 0 Å². The van der Waals surface area contributed by atoms with Gasteiger partial charge in [0.15, 0.2) is 0 Å². The predicted molar refractivity (Wildman–Crippen MR) is 71.7 cm³/mol. The van der Waals surface area contributed by atoms with Gasteiger partial charge in [-0.15, -0.1) is 11.6 Å². The fraction of sp³-hybridized carbons (Fsp3) is 0.467. The monoisotopic (exact) mass is 234 g/mol. The topological polar surface area (TPSA) is 0 Å². The van der Waals surface area contributed by atoms with Crippen molar-refractivity contribution in [3.63, 3.8) is 0 Å². The third-order valence-corrected chi connectivity index (χ3v) is 3.67. The van der Waals surface area contributed by atoms with Crippen LogP contribution >= 0.6 is 11.6 Å². The lowest BCUT2D eigenvalue weighted by Crippen LogP contribution is -2.01. The Bertz CT molecular complexity index is 373. The standard InChI is InChI=1S/C15H19Cl/c1-11-3-5-14(6-4-11)15-9-7-13(8-10-15)12(2)16/h5,7-12H,3-4,6H2,1-2H3. The fourth-order valence-corrected chi connectivity index (χ4v) is 2.34. The molecule has 2 rings (SSSR count). The number of alkyl halides is 1. The minimum atomic E-state index is 0.106. The van der Waals surface area contributed by atoms with Gasteiger partial charge in [-0.1, -0.05) is 37.3 Å². The van der Waals surface area contributed by atoms with E-state index in [0.29, 0.717) is 0 Å². The Morgan fingerprint density at radius 3 is 2.44 bits per heavy atom. The molecule has 0 fully saturated rings. The number of hydrogen-bond donors (Lipinski definition) is 0. The molecule has 1 heteroatoms. The molecule has 0 aromatic heterocycles. The summed E-state index contributed by atoms with van der Waals surface area (Å²) in [5.74, 6) is 0.853. The van der Waals surface area contributed by atoms with Crippen molar-refractivity contribution in [2.45, 2.75) is 38.5 Å². The molecule has 2 unspecified atom stereocenters. The van der Waals surface area contributed by atoms with E-state index in [1.54, 1.807) is 0 Å². The van der Waals surface area contributed by atoms with E-state index in [1.807, 2.05) is 6.92 Å². The summed E-state index contributed by atoms with van der Waals surface area (Å²) in [5.41, 5.74) is 4.08. The Hall–Kier alpha value is -0.750. The van der Waals surface area contributed by atoms with Gasteiger partial charge in [0.05, 0.1) is 5.38 Å². The smallest absolute Gasteiger partial charge is 0.0557 e. The van der Waals surface area contributed by atoms with Crippen LogP contribution in [-0.4, -0.2) is 0 Å². The summed E-state index contributed by atoms with van der Waals surface area (Å²) in [6, 6.07) is 8.70. The molecule has 1 aliphatic rings. The Morgan fingerprint density at radius 1 is 1.25 bits per heavy atom. The van der Waals surface area contributed by atoms with E-state index in [9.17, 15) is 0 Å². The van der Waals surface area contributed by atoms with Gasteiger partial charge in [0.2, 0.25) is 0 Å². The van der Waals surface area contributed by atoms with Crippen LogP contribution < -0.4 is 0 Å². The minimum Gasteiger partial charge on any atom is -0.118 e. The molecular formula is C15H19Cl. The molecule has 0 radical (unpaired) electrons. The molecule has 0 nitrogen and oxygen atoms in total. The van der Waals surface area contributed by atoms with Gasteiger partial charge in [-0.25, -0.2) is 0 Å². The van der Waals surface area contributed by atoms with Gasteiger partial charge in [0.25, 0.3) is 0 Å². The van der Waals surface area contributed by atoms with Crippen molar-refractivity contribution in [3.8, 4) is 0 Å². The normalized spacial score (nSPS) is 22.7. The maximum Gasteiger partial charge on any atom is 0.0557 e. The van der Waals surface area contributed by atoms with E-state index in [1.165, 1.54) is 36.0 Å². The molecule has 0 N–H and O–H groups in total. The first-order valence-corrected chi connectivity index (χ1v) is 6.54. The SMILES string of the molecule is CC1CC=C(c2ccc(C(C)Cl)cc2)CC1. The number of benzene rings is 1. The first-order chi connectivity index (χ1) is 7.66. The second kappa shape index (κ2) is 5.05. The van der Waals surface area contributed by atoms with Gasteiger partial charge in [-0.2, -0.15) is 0 Å². The van der Waals surface area contributed by atoms with Crippen LogP contribution in [0.25, 0.3) is 5.57 Å². The third kappa shape index (κ3) is 2.68. The van der Waals surface area contributed by atoms with Gasteiger partial charge in [0.1, 0.15) is 0 Å². The highest BCUT2D eigenvalue weighted by Crippen LogP contribution is 2.30. The number of rotatable bonds is 2. The fourth-order valence-electron chi connectivity index (χ4n) is 2.19. The van der Waals surface area contributed by atoms with Crippen molar-refractivity contribution in [1.82, 2.24) is 0 Å². The maximum absolute atomic E-state index is 6.05. The summed E-state index contributed by atoms with van der Waals surface area (Å²) < 4.78 is 0. The van der Waals surface area contributed by atoms with Crippen molar-refractivity contribution >= 4 is 17.2 Å². The molecule has 16 heavy (non-hydrogen) atoms. The molecule has 0 saturated carbocycles. The van der Waals surface area contributed by atoms with Crippen LogP contribution in [0.2, 0.25) is 0 Å². The maximum atomic E-state index is 6.05. The van der Waals surface area contributed by atoms with Crippen LogP contribution in [-0.2, 0) is 0 Å². The Kier molecular flexibility index (Phi) is 3.70. The van der Waals surface area contributed by atoms with E-state index < -0.39 is 0 Å². The molecular weight excluding hydrogens is 216 g/mol. The summed E-state index contributed by atoms with van der Waals surface area (Å²) in [6.07, 6.45) is 6.16. The van der Waals surface area contributed by atoms with Crippen molar-refractivity contribution < 1.29 is 0 Å². The summed E-state index contributed by atoms with van der Waals surface area (Å²) in [4.78, 5) is 0. The highest BCUT2D eigenvalue weighted by molar-refractivity contribution is 6.20. The lowest BCUT2D eigenvalue weighted by Gasteiger charge is -2.18. The molecule has 1 aromatic carbocycles. The molecule has 0 heterocycles. The van der Waals surface area contributed by atoms with E-state index in [2.05, 4.69) is 37.3 Å². The van der Waals surface area contributed by atoms with E-state index in [-0.39, 0.29) is 5.38 Å². The number of hydrogen-bond acceptors (Lipinski definition) is 0. The Labute approximate surface area is 103 Å². The zero-order chi connectivity index (χ0) is 11.5. The van der Waals surface area contributed by atoms with Gasteiger partial charge in [-0.05, 0) is 48.8 Å². The van der Waals surface area contributed by atoms with E-state index >= 15 is 0 Å². The molecule has 0 bridgehead atoms. The van der Waals surface area contributed by atoms with Crippen LogP contribution in [0.1, 0.15) is 49.6 Å². The molecule has 86 valence electrons. The van der Waals surface area contributed by atoms with Gasteiger partial charge >= 0.3 is 0 Å². The van der Waals surface area contributed by atoms with Crippen LogP contribution in [0.3, 0.4) is 0 Å². The molecule has 1 aliphatic carbocycles. The molecule has 0 spiro atoms. The second-order valence-electron chi connectivity index (χ2n) is 4.85. The third-order valence-electron chi connectivity index (χ3n) is 3.41. The van der Waals surface area contributed by atoms with Gasteiger partial charge in [-0.3, -0.25) is 0 Å². The lowest BCUT2D eigenvalue weighted by atomic mass is 9.87. The quantitative estimate of drug-likeness (QED) is 0.618. The van der Waals surface area contributed by atoms with E-state index in [4.69, 9.17) is 11.6 Å². The molecule has 0 amide bonds. The van der Waals surface area contributed by atoms with Crippen LogP contribution in [0.15, 0.2) is 30.3 Å². The molecule has 0 saturated heterocycles. The first kappa shape index (κ1) is 11.7. The van der Waals surface area contributed by atoms with Gasteiger partial charge in [0, 0.05) is 0 Å². The van der Waals surface area contributed by atoms with Crippen molar-refractivity contribution in [3.05, 3.63) is 41.5 Å².